The SMILES string of the molecule is FC(F)(F)c1n[n-]c(-c2ccccn2)n1.Fc1c[c-]c(-c2ccccn2)c(F)c1.Fc1c[c-]c(-c2ccccn2)c(F)c1.[Ir+3]. The topological polar surface area (TPSA) is 78.5 Å². The van der Waals surface area contributed by atoms with Gasteiger partial charge in [0.2, 0.25) is 0 Å². The number of benzene rings is 2. The van der Waals surface area contributed by atoms with Crippen molar-refractivity contribution in [1.82, 2.24) is 30.1 Å². The first-order valence-electron chi connectivity index (χ1n) is 12.0. The van der Waals surface area contributed by atoms with E-state index in [0.29, 0.717) is 11.4 Å². The normalized spacial score (nSPS) is 10.4. The molecule has 0 aliphatic heterocycles. The molecule has 0 radical (unpaired) electrons. The number of hydrogen-bond acceptors (Lipinski definition) is 5. The van der Waals surface area contributed by atoms with Crippen molar-refractivity contribution in [3.8, 4) is 34.0 Å². The molecule has 6 aromatic rings. The van der Waals surface area contributed by atoms with Crippen LogP contribution in [0.5, 0.6) is 0 Å². The molecule has 6 nitrogen and oxygen atoms in total. The van der Waals surface area contributed by atoms with Gasteiger partial charge in [0.1, 0.15) is 5.82 Å². The summed E-state index contributed by atoms with van der Waals surface area (Å²) >= 11 is 0. The molecule has 0 spiro atoms. The number of hydrogen-bond donors (Lipinski definition) is 0. The standard InChI is InChI=1S/2C11H6F2N.C8H4F3N4.Ir/c2*12-8-4-5-9(10(13)7-8)11-3-1-2-6-14-11;9-8(10,11)7-13-6(14-15-7)5-3-1-2-4-12-5;/h2*1-4,6-7H;1-4H;/q3*-1;+3. The molecule has 0 bridgehead atoms. The van der Waals surface area contributed by atoms with E-state index < -0.39 is 35.3 Å². The molecule has 6 rings (SSSR count). The number of rotatable bonds is 3. The minimum Gasteiger partial charge on any atom is -0.413 e. The molecule has 0 saturated carbocycles. The van der Waals surface area contributed by atoms with Crippen LogP contribution in [0.15, 0.2) is 97.5 Å². The molecular formula is C30H16F7IrN6. The van der Waals surface area contributed by atoms with Gasteiger partial charge in [-0.3, -0.25) is 27.6 Å². The average Bonchev–Trinajstić information content (AvgIpc) is 3.51. The average molecular weight is 786 g/mol. The summed E-state index contributed by atoms with van der Waals surface area (Å²) in [6, 6.07) is 23.8. The van der Waals surface area contributed by atoms with E-state index in [1.807, 2.05) is 0 Å². The van der Waals surface area contributed by atoms with Crippen LogP contribution in [0.3, 0.4) is 0 Å². The van der Waals surface area contributed by atoms with Gasteiger partial charge in [-0.15, -0.1) is 24.3 Å². The molecule has 0 atom stereocenters. The van der Waals surface area contributed by atoms with Crippen molar-refractivity contribution in [2.75, 3.05) is 0 Å². The molecule has 2 aromatic carbocycles. The van der Waals surface area contributed by atoms with Gasteiger partial charge in [0.05, 0.1) is 5.69 Å². The summed E-state index contributed by atoms with van der Waals surface area (Å²) in [4.78, 5) is 14.9. The number of halogens is 7. The maximum Gasteiger partial charge on any atom is 3.00 e. The Hall–Kier alpha value is -4.81. The third-order valence-corrected chi connectivity index (χ3v) is 5.16. The first-order chi connectivity index (χ1) is 20.6. The fraction of sp³-hybridized carbons (Fsp3) is 0.0333. The van der Waals surface area contributed by atoms with Crippen molar-refractivity contribution in [3.63, 3.8) is 0 Å². The van der Waals surface area contributed by atoms with Crippen LogP contribution in [0.4, 0.5) is 30.7 Å². The Bertz CT molecular complexity index is 1670. The van der Waals surface area contributed by atoms with Gasteiger partial charge in [0, 0.05) is 41.9 Å². The second-order valence-corrected chi connectivity index (χ2v) is 8.18. The maximum atomic E-state index is 13.2. The second-order valence-electron chi connectivity index (χ2n) is 8.18. The zero-order valence-corrected chi connectivity index (χ0v) is 24.3. The minimum atomic E-state index is -4.57. The first kappa shape index (κ1) is 33.7. The summed E-state index contributed by atoms with van der Waals surface area (Å²) in [6.07, 6.45) is -0.0308. The summed E-state index contributed by atoms with van der Waals surface area (Å²) in [5, 5.41) is 6.25. The van der Waals surface area contributed by atoms with E-state index in [-0.39, 0.29) is 42.8 Å². The van der Waals surface area contributed by atoms with Gasteiger partial charge in [0.15, 0.2) is 0 Å². The molecule has 0 aliphatic rings. The Kier molecular flexibility index (Phi) is 11.9. The predicted octanol–water partition coefficient (Wildman–Crippen LogP) is 7.17. The fourth-order valence-corrected chi connectivity index (χ4v) is 3.27. The van der Waals surface area contributed by atoms with Gasteiger partial charge >= 0.3 is 26.3 Å². The van der Waals surface area contributed by atoms with Crippen LogP contribution in [0, 0.1) is 35.4 Å². The number of nitrogens with zero attached hydrogens (tertiary/aromatic N) is 6. The van der Waals surface area contributed by atoms with E-state index in [1.165, 1.54) is 12.3 Å². The Morgan fingerprint density at radius 2 is 1.05 bits per heavy atom. The van der Waals surface area contributed by atoms with Gasteiger partial charge in [0.25, 0.3) is 0 Å². The molecule has 0 fully saturated rings. The van der Waals surface area contributed by atoms with Crippen molar-refractivity contribution < 1.29 is 50.8 Å². The molecular weight excluding hydrogens is 770 g/mol. The van der Waals surface area contributed by atoms with Gasteiger partial charge in [-0.2, -0.15) is 13.2 Å². The van der Waals surface area contributed by atoms with Gasteiger partial charge < -0.3 is 20.1 Å². The molecule has 4 heterocycles. The van der Waals surface area contributed by atoms with E-state index in [4.69, 9.17) is 0 Å². The number of pyridine rings is 3. The summed E-state index contributed by atoms with van der Waals surface area (Å²) < 4.78 is 88.0. The predicted molar refractivity (Wildman–Crippen MR) is 140 cm³/mol. The number of aromatic nitrogens is 6. The zero-order valence-electron chi connectivity index (χ0n) is 21.9. The molecule has 0 saturated heterocycles. The van der Waals surface area contributed by atoms with E-state index in [2.05, 4.69) is 42.3 Å². The summed E-state index contributed by atoms with van der Waals surface area (Å²) in [5.41, 5.74) is 1.54. The van der Waals surface area contributed by atoms with Crippen LogP contribution in [0.25, 0.3) is 34.0 Å². The van der Waals surface area contributed by atoms with Crippen molar-refractivity contribution in [1.29, 1.82) is 0 Å². The number of alkyl halides is 3. The van der Waals surface area contributed by atoms with E-state index in [9.17, 15) is 30.7 Å². The molecule has 14 heteroatoms. The van der Waals surface area contributed by atoms with E-state index in [0.717, 1.165) is 24.3 Å². The van der Waals surface area contributed by atoms with Gasteiger partial charge in [-0.1, -0.05) is 53.6 Å². The van der Waals surface area contributed by atoms with Gasteiger partial charge in [-0.05, 0) is 41.5 Å². The van der Waals surface area contributed by atoms with Gasteiger partial charge in [-0.25, -0.2) is 0 Å². The van der Waals surface area contributed by atoms with E-state index >= 15 is 0 Å². The van der Waals surface area contributed by atoms with Crippen LogP contribution in [0.1, 0.15) is 5.82 Å². The fourth-order valence-electron chi connectivity index (χ4n) is 3.27. The first-order valence-corrected chi connectivity index (χ1v) is 12.0. The molecule has 0 aliphatic carbocycles. The Balaban J connectivity index is 0.000000178. The minimum absolute atomic E-state index is 0. The molecule has 0 unspecified atom stereocenters. The molecule has 44 heavy (non-hydrogen) atoms. The van der Waals surface area contributed by atoms with Crippen LogP contribution in [0.2, 0.25) is 0 Å². The monoisotopic (exact) mass is 786 g/mol. The summed E-state index contributed by atoms with van der Waals surface area (Å²) in [7, 11) is 0. The summed E-state index contributed by atoms with van der Waals surface area (Å²) in [6.45, 7) is 0. The Morgan fingerprint density at radius 3 is 1.39 bits per heavy atom. The molecule has 4 aromatic heterocycles. The van der Waals surface area contributed by atoms with Crippen LogP contribution in [-0.4, -0.2) is 25.0 Å². The molecule has 0 N–H and O–H groups in total. The van der Waals surface area contributed by atoms with Crippen molar-refractivity contribution in [3.05, 3.63) is 139 Å². The second kappa shape index (κ2) is 15.6. The zero-order chi connectivity index (χ0) is 30.8. The molecule has 0 amide bonds. The maximum absolute atomic E-state index is 13.2. The van der Waals surface area contributed by atoms with Crippen molar-refractivity contribution >= 4 is 0 Å². The molecule has 224 valence electrons. The third kappa shape index (κ3) is 9.35. The van der Waals surface area contributed by atoms with Crippen LogP contribution in [-0.2, 0) is 26.3 Å². The van der Waals surface area contributed by atoms with Crippen LogP contribution < -0.4 is 5.10 Å². The summed E-state index contributed by atoms with van der Waals surface area (Å²) in [5.74, 6) is -3.94. The smallest absolute Gasteiger partial charge is 0.413 e. The van der Waals surface area contributed by atoms with Crippen molar-refractivity contribution in [2.45, 2.75) is 6.18 Å². The quantitative estimate of drug-likeness (QED) is 0.140. The Labute approximate surface area is 259 Å². The Morgan fingerprint density at radius 1 is 0.614 bits per heavy atom. The third-order valence-electron chi connectivity index (χ3n) is 5.16. The van der Waals surface area contributed by atoms with Crippen molar-refractivity contribution in [2.24, 2.45) is 0 Å². The van der Waals surface area contributed by atoms with Crippen LogP contribution >= 0.6 is 0 Å². The largest absolute Gasteiger partial charge is 3.00 e. The van der Waals surface area contributed by atoms with E-state index in [1.54, 1.807) is 60.9 Å².